The number of hydrogen-bond donors (Lipinski definition) is 2. The first-order valence-electron chi connectivity index (χ1n) is 12.0. The molecule has 196 valence electrons. The van der Waals surface area contributed by atoms with Crippen molar-refractivity contribution in [3.05, 3.63) is 58.7 Å². The molecule has 4 aromatic rings. The van der Waals surface area contributed by atoms with Crippen LogP contribution in [-0.4, -0.2) is 59.2 Å². The SMILES string of the molecule is CCN(CC)CCCNc1ncc2c(-c3ccc(NS(=O)(=O)c4cccc(Cl)c4Cl)cc3)nn(C)c2n1. The Labute approximate surface area is 226 Å². The first kappa shape index (κ1) is 27.1. The molecular formula is C25H29Cl2N7O2S. The summed E-state index contributed by atoms with van der Waals surface area (Å²) in [4.78, 5) is 11.4. The average molecular weight is 563 g/mol. The van der Waals surface area contributed by atoms with Crippen molar-refractivity contribution < 1.29 is 8.42 Å². The number of halogens is 2. The summed E-state index contributed by atoms with van der Waals surface area (Å²) >= 11 is 12.1. The topological polar surface area (TPSA) is 105 Å². The summed E-state index contributed by atoms with van der Waals surface area (Å²) in [5.41, 5.74) is 2.60. The zero-order valence-electron chi connectivity index (χ0n) is 20.9. The van der Waals surface area contributed by atoms with Crippen LogP contribution in [-0.2, 0) is 17.1 Å². The van der Waals surface area contributed by atoms with E-state index in [4.69, 9.17) is 23.2 Å². The first-order valence-corrected chi connectivity index (χ1v) is 14.2. The molecule has 4 rings (SSSR count). The van der Waals surface area contributed by atoms with Gasteiger partial charge in [0, 0.05) is 31.0 Å². The van der Waals surface area contributed by atoms with Crippen molar-refractivity contribution in [2.45, 2.75) is 25.2 Å². The maximum absolute atomic E-state index is 12.8. The van der Waals surface area contributed by atoms with Gasteiger partial charge in [0.2, 0.25) is 5.95 Å². The summed E-state index contributed by atoms with van der Waals surface area (Å²) in [5, 5.41) is 8.87. The van der Waals surface area contributed by atoms with Crippen LogP contribution in [0.4, 0.5) is 11.6 Å². The van der Waals surface area contributed by atoms with Gasteiger partial charge in [-0.25, -0.2) is 18.1 Å². The van der Waals surface area contributed by atoms with E-state index in [1.54, 1.807) is 35.1 Å². The van der Waals surface area contributed by atoms with Gasteiger partial charge in [0.1, 0.15) is 10.6 Å². The van der Waals surface area contributed by atoms with E-state index in [0.717, 1.165) is 43.5 Å². The van der Waals surface area contributed by atoms with Gasteiger partial charge in [0.25, 0.3) is 10.0 Å². The number of sulfonamides is 1. The van der Waals surface area contributed by atoms with Crippen molar-refractivity contribution in [1.82, 2.24) is 24.6 Å². The minimum absolute atomic E-state index is 0.0222. The monoisotopic (exact) mass is 561 g/mol. The van der Waals surface area contributed by atoms with E-state index in [0.29, 0.717) is 23.0 Å². The quantitative estimate of drug-likeness (QED) is 0.240. The van der Waals surface area contributed by atoms with Crippen LogP contribution in [0.25, 0.3) is 22.3 Å². The Balaban J connectivity index is 1.49. The molecule has 0 aliphatic carbocycles. The zero-order chi connectivity index (χ0) is 26.6. The van der Waals surface area contributed by atoms with E-state index in [1.807, 2.05) is 7.05 Å². The molecule has 0 unspecified atom stereocenters. The van der Waals surface area contributed by atoms with Gasteiger partial charge >= 0.3 is 0 Å². The molecule has 2 aromatic heterocycles. The lowest BCUT2D eigenvalue weighted by Gasteiger charge is -2.17. The van der Waals surface area contributed by atoms with Gasteiger partial charge in [0.05, 0.1) is 15.4 Å². The van der Waals surface area contributed by atoms with Crippen molar-refractivity contribution in [3.63, 3.8) is 0 Å². The molecule has 12 heteroatoms. The van der Waals surface area contributed by atoms with Gasteiger partial charge in [-0.05, 0) is 50.3 Å². The van der Waals surface area contributed by atoms with Gasteiger partial charge in [-0.2, -0.15) is 10.1 Å². The maximum Gasteiger partial charge on any atom is 0.263 e. The number of nitrogens with one attached hydrogen (secondary N) is 2. The molecule has 0 aliphatic rings. The summed E-state index contributed by atoms with van der Waals surface area (Å²) in [6, 6.07) is 11.4. The second kappa shape index (κ2) is 11.6. The molecule has 0 atom stereocenters. The molecule has 0 fully saturated rings. The molecule has 0 radical (unpaired) electrons. The van der Waals surface area contributed by atoms with Crippen molar-refractivity contribution >= 4 is 55.9 Å². The van der Waals surface area contributed by atoms with Crippen LogP contribution in [0.5, 0.6) is 0 Å². The molecule has 0 spiro atoms. The standard InChI is InChI=1S/C25H29Cl2N7O2S/c1-4-34(5-2)15-7-14-28-25-29-16-19-23(31-33(3)24(19)30-25)17-10-12-18(13-11-17)32-37(35,36)21-9-6-8-20(26)22(21)27/h6,8-13,16,32H,4-5,7,14-15H2,1-3H3,(H,28,29,30). The molecule has 0 bridgehead atoms. The largest absolute Gasteiger partial charge is 0.354 e. The fourth-order valence-electron chi connectivity index (χ4n) is 3.98. The molecule has 0 amide bonds. The molecule has 0 saturated heterocycles. The third-order valence-electron chi connectivity index (χ3n) is 6.03. The van der Waals surface area contributed by atoms with Crippen molar-refractivity contribution in [2.75, 3.05) is 36.2 Å². The highest BCUT2D eigenvalue weighted by molar-refractivity contribution is 7.92. The number of rotatable bonds is 11. The Morgan fingerprint density at radius 1 is 1.05 bits per heavy atom. The molecule has 2 aromatic carbocycles. The molecular weight excluding hydrogens is 533 g/mol. The van der Waals surface area contributed by atoms with E-state index >= 15 is 0 Å². The summed E-state index contributed by atoms with van der Waals surface area (Å²) in [7, 11) is -2.08. The third kappa shape index (κ3) is 6.15. The zero-order valence-corrected chi connectivity index (χ0v) is 23.2. The number of nitrogens with zero attached hydrogens (tertiary/aromatic N) is 5. The molecule has 37 heavy (non-hydrogen) atoms. The second-order valence-electron chi connectivity index (χ2n) is 8.45. The maximum atomic E-state index is 12.8. The number of hydrogen-bond acceptors (Lipinski definition) is 7. The summed E-state index contributed by atoms with van der Waals surface area (Å²) in [5.74, 6) is 0.561. The average Bonchev–Trinajstić information content (AvgIpc) is 3.21. The fraction of sp³-hybridized carbons (Fsp3) is 0.320. The Morgan fingerprint density at radius 2 is 1.78 bits per heavy atom. The number of aryl methyl sites for hydroxylation is 1. The highest BCUT2D eigenvalue weighted by atomic mass is 35.5. The number of benzene rings is 2. The van der Waals surface area contributed by atoms with Crippen LogP contribution in [0.2, 0.25) is 10.0 Å². The lowest BCUT2D eigenvalue weighted by atomic mass is 10.1. The molecule has 2 N–H and O–H groups in total. The van der Waals surface area contributed by atoms with Gasteiger partial charge < -0.3 is 10.2 Å². The molecule has 9 nitrogen and oxygen atoms in total. The molecule has 2 heterocycles. The Morgan fingerprint density at radius 3 is 2.49 bits per heavy atom. The second-order valence-corrected chi connectivity index (χ2v) is 10.9. The van der Waals surface area contributed by atoms with E-state index in [9.17, 15) is 8.42 Å². The number of aromatic nitrogens is 4. The minimum atomic E-state index is -3.91. The van der Waals surface area contributed by atoms with Gasteiger partial charge in [-0.3, -0.25) is 4.72 Å². The van der Waals surface area contributed by atoms with Crippen LogP contribution < -0.4 is 10.0 Å². The third-order valence-corrected chi connectivity index (χ3v) is 8.38. The smallest absolute Gasteiger partial charge is 0.263 e. The summed E-state index contributed by atoms with van der Waals surface area (Å²) < 4.78 is 29.9. The van der Waals surface area contributed by atoms with Crippen molar-refractivity contribution in [1.29, 1.82) is 0 Å². The van der Waals surface area contributed by atoms with Crippen LogP contribution in [0.15, 0.2) is 53.6 Å². The van der Waals surface area contributed by atoms with Gasteiger partial charge in [-0.15, -0.1) is 0 Å². The summed E-state index contributed by atoms with van der Waals surface area (Å²) in [6.45, 7) is 8.22. The molecule has 0 aliphatic heterocycles. The van der Waals surface area contributed by atoms with Crippen LogP contribution in [0, 0.1) is 0 Å². The predicted molar refractivity (Wildman–Crippen MR) is 150 cm³/mol. The number of anilines is 2. The Bertz CT molecular complexity index is 1490. The van der Waals surface area contributed by atoms with Crippen LogP contribution in [0.3, 0.4) is 0 Å². The normalized spacial score (nSPS) is 11.8. The minimum Gasteiger partial charge on any atom is -0.354 e. The highest BCUT2D eigenvalue weighted by Gasteiger charge is 2.20. The fourth-order valence-corrected chi connectivity index (χ4v) is 5.80. The lowest BCUT2D eigenvalue weighted by molar-refractivity contribution is 0.303. The van der Waals surface area contributed by atoms with Crippen LogP contribution in [0.1, 0.15) is 20.3 Å². The van der Waals surface area contributed by atoms with E-state index in [-0.39, 0.29) is 14.9 Å². The van der Waals surface area contributed by atoms with E-state index in [2.05, 4.69) is 43.9 Å². The predicted octanol–water partition coefficient (Wildman–Crippen LogP) is 5.28. The van der Waals surface area contributed by atoms with Gasteiger partial charge in [0.15, 0.2) is 5.65 Å². The Kier molecular flexibility index (Phi) is 8.53. The van der Waals surface area contributed by atoms with E-state index < -0.39 is 10.0 Å². The van der Waals surface area contributed by atoms with Gasteiger partial charge in [-0.1, -0.05) is 55.2 Å². The Hall–Kier alpha value is -2.92. The molecule has 0 saturated carbocycles. The van der Waals surface area contributed by atoms with E-state index in [1.165, 1.54) is 18.2 Å². The number of fused-ring (bicyclic) bond motifs is 1. The first-order chi connectivity index (χ1) is 17.7. The van der Waals surface area contributed by atoms with Crippen molar-refractivity contribution in [2.24, 2.45) is 7.05 Å². The van der Waals surface area contributed by atoms with Crippen LogP contribution >= 0.6 is 23.2 Å². The van der Waals surface area contributed by atoms with Crippen molar-refractivity contribution in [3.8, 4) is 11.3 Å². The summed E-state index contributed by atoms with van der Waals surface area (Å²) in [6.07, 6.45) is 2.76. The highest BCUT2D eigenvalue weighted by Crippen LogP contribution is 2.31. The lowest BCUT2D eigenvalue weighted by Crippen LogP contribution is -2.25.